The molecule has 2 aromatic rings. The topological polar surface area (TPSA) is 29.5 Å². The number of rotatable bonds is 7. The quantitative estimate of drug-likeness (QED) is 0.761. The molecule has 0 fully saturated rings. The van der Waals surface area contributed by atoms with E-state index in [2.05, 4.69) is 24.3 Å². The normalized spacial score (nSPS) is 12.1. The summed E-state index contributed by atoms with van der Waals surface area (Å²) < 4.78 is 5.83. The molecule has 2 nitrogen and oxygen atoms in total. The van der Waals surface area contributed by atoms with Crippen LogP contribution < -0.4 is 4.74 Å². The Hall–Kier alpha value is -1.80. The van der Waals surface area contributed by atoms with Gasteiger partial charge in [0.2, 0.25) is 0 Å². The average Bonchev–Trinajstić information content (AvgIpc) is 2.49. The van der Waals surface area contributed by atoms with Crippen LogP contribution in [0.3, 0.4) is 0 Å². The second-order valence-electron chi connectivity index (χ2n) is 5.51. The van der Waals surface area contributed by atoms with Crippen molar-refractivity contribution < 1.29 is 9.84 Å². The number of aryl methyl sites for hydroxylation is 2. The first-order chi connectivity index (χ1) is 10.2. The third kappa shape index (κ3) is 4.91. The minimum atomic E-state index is -0.496. The molecule has 0 radical (unpaired) electrons. The first-order valence-corrected chi connectivity index (χ1v) is 7.62. The molecule has 2 aromatic carbocycles. The van der Waals surface area contributed by atoms with Gasteiger partial charge in [0.1, 0.15) is 5.75 Å². The maximum Gasteiger partial charge on any atom is 0.125 e. The van der Waals surface area contributed by atoms with Gasteiger partial charge in [-0.25, -0.2) is 0 Å². The second kappa shape index (κ2) is 7.84. The molecule has 21 heavy (non-hydrogen) atoms. The lowest BCUT2D eigenvalue weighted by Gasteiger charge is -2.14. The highest BCUT2D eigenvalue weighted by Crippen LogP contribution is 2.26. The summed E-state index contributed by atoms with van der Waals surface area (Å²) in [6.45, 7) is 4.49. The van der Waals surface area contributed by atoms with E-state index < -0.39 is 6.10 Å². The van der Waals surface area contributed by atoms with Crippen molar-refractivity contribution in [2.75, 3.05) is 6.61 Å². The molecular formula is C19H24O2. The van der Waals surface area contributed by atoms with Crippen LogP contribution >= 0.6 is 0 Å². The van der Waals surface area contributed by atoms with E-state index >= 15 is 0 Å². The van der Waals surface area contributed by atoms with E-state index in [1.165, 1.54) is 5.56 Å². The Morgan fingerprint density at radius 3 is 2.52 bits per heavy atom. The molecule has 0 spiro atoms. The maximum absolute atomic E-state index is 9.80. The Labute approximate surface area is 127 Å². The summed E-state index contributed by atoms with van der Waals surface area (Å²) in [4.78, 5) is 0. The number of ether oxygens (including phenoxy) is 1. The van der Waals surface area contributed by atoms with Gasteiger partial charge in [0.25, 0.3) is 0 Å². The fourth-order valence-electron chi connectivity index (χ4n) is 2.38. The van der Waals surface area contributed by atoms with Crippen molar-refractivity contribution in [2.24, 2.45) is 0 Å². The van der Waals surface area contributed by atoms with Gasteiger partial charge in [-0.15, -0.1) is 0 Å². The molecule has 0 heterocycles. The molecular weight excluding hydrogens is 260 g/mol. The van der Waals surface area contributed by atoms with E-state index in [-0.39, 0.29) is 0 Å². The van der Waals surface area contributed by atoms with Gasteiger partial charge in [-0.05, 0) is 50.8 Å². The van der Waals surface area contributed by atoms with Crippen molar-refractivity contribution in [1.82, 2.24) is 0 Å². The summed E-state index contributed by atoms with van der Waals surface area (Å²) >= 11 is 0. The number of hydrogen-bond donors (Lipinski definition) is 1. The summed E-state index contributed by atoms with van der Waals surface area (Å²) in [7, 11) is 0. The number of hydrogen-bond acceptors (Lipinski definition) is 2. The molecule has 1 N–H and O–H groups in total. The van der Waals surface area contributed by atoms with Crippen molar-refractivity contribution in [2.45, 2.75) is 39.2 Å². The van der Waals surface area contributed by atoms with Crippen LogP contribution in [-0.4, -0.2) is 11.7 Å². The highest BCUT2D eigenvalue weighted by molar-refractivity contribution is 5.38. The van der Waals surface area contributed by atoms with E-state index in [9.17, 15) is 5.11 Å². The summed E-state index contributed by atoms with van der Waals surface area (Å²) in [6, 6.07) is 16.5. The first kappa shape index (κ1) is 15.6. The summed E-state index contributed by atoms with van der Waals surface area (Å²) in [5, 5.41) is 9.80. The van der Waals surface area contributed by atoms with E-state index in [0.29, 0.717) is 6.61 Å². The zero-order valence-corrected chi connectivity index (χ0v) is 12.9. The van der Waals surface area contributed by atoms with E-state index in [1.54, 1.807) is 6.92 Å². The highest BCUT2D eigenvalue weighted by atomic mass is 16.5. The standard InChI is InChI=1S/C19H24O2/c1-15-11-12-19(18(14-15)16(2)20)21-13-7-6-10-17-8-4-3-5-9-17/h3-5,8-9,11-12,14,16,20H,6-7,10,13H2,1-2H3. The van der Waals surface area contributed by atoms with Gasteiger partial charge in [0, 0.05) is 5.56 Å². The van der Waals surface area contributed by atoms with Crippen molar-refractivity contribution >= 4 is 0 Å². The lowest BCUT2D eigenvalue weighted by Crippen LogP contribution is -2.03. The summed E-state index contributed by atoms with van der Waals surface area (Å²) in [5.74, 6) is 0.801. The van der Waals surface area contributed by atoms with Crippen molar-refractivity contribution in [1.29, 1.82) is 0 Å². The Kier molecular flexibility index (Phi) is 5.82. The molecule has 112 valence electrons. The Morgan fingerprint density at radius 1 is 1.05 bits per heavy atom. The van der Waals surface area contributed by atoms with Crippen LogP contribution in [0, 0.1) is 6.92 Å². The summed E-state index contributed by atoms with van der Waals surface area (Å²) in [5.41, 5.74) is 3.39. The van der Waals surface area contributed by atoms with Crippen molar-refractivity contribution in [3.63, 3.8) is 0 Å². The molecule has 0 amide bonds. The van der Waals surface area contributed by atoms with E-state index in [1.807, 2.05) is 31.2 Å². The SMILES string of the molecule is Cc1ccc(OCCCCc2ccccc2)c(C(C)O)c1. The first-order valence-electron chi connectivity index (χ1n) is 7.62. The van der Waals surface area contributed by atoms with Gasteiger partial charge in [-0.1, -0.05) is 42.0 Å². The maximum atomic E-state index is 9.80. The molecule has 0 bridgehead atoms. The lowest BCUT2D eigenvalue weighted by molar-refractivity contribution is 0.190. The van der Waals surface area contributed by atoms with Gasteiger partial charge in [-0.2, -0.15) is 0 Å². The minimum Gasteiger partial charge on any atom is -0.493 e. The number of benzene rings is 2. The van der Waals surface area contributed by atoms with Crippen LogP contribution in [0.2, 0.25) is 0 Å². The van der Waals surface area contributed by atoms with E-state index in [0.717, 1.165) is 36.1 Å². The second-order valence-corrected chi connectivity index (χ2v) is 5.51. The van der Waals surface area contributed by atoms with Crippen molar-refractivity contribution in [3.8, 4) is 5.75 Å². The largest absolute Gasteiger partial charge is 0.493 e. The molecule has 2 heteroatoms. The third-order valence-corrected chi connectivity index (χ3v) is 3.58. The van der Waals surface area contributed by atoms with Crippen LogP contribution in [0.5, 0.6) is 5.75 Å². The lowest BCUT2D eigenvalue weighted by atomic mass is 10.1. The molecule has 0 saturated carbocycles. The van der Waals surface area contributed by atoms with Crippen LogP contribution in [0.15, 0.2) is 48.5 Å². The van der Waals surface area contributed by atoms with Crippen LogP contribution in [0.1, 0.15) is 42.6 Å². The smallest absolute Gasteiger partial charge is 0.125 e. The number of unbranched alkanes of at least 4 members (excludes halogenated alkanes) is 1. The van der Waals surface area contributed by atoms with Crippen LogP contribution in [0.4, 0.5) is 0 Å². The monoisotopic (exact) mass is 284 g/mol. The van der Waals surface area contributed by atoms with Gasteiger partial charge in [0.05, 0.1) is 12.7 Å². The fourth-order valence-corrected chi connectivity index (χ4v) is 2.38. The zero-order chi connectivity index (χ0) is 15.1. The summed E-state index contributed by atoms with van der Waals surface area (Å²) in [6.07, 6.45) is 2.72. The van der Waals surface area contributed by atoms with Gasteiger partial charge < -0.3 is 9.84 Å². The van der Waals surface area contributed by atoms with Gasteiger partial charge in [0.15, 0.2) is 0 Å². The molecule has 0 aliphatic rings. The molecule has 0 aromatic heterocycles. The molecule has 0 aliphatic carbocycles. The van der Waals surface area contributed by atoms with Crippen LogP contribution in [0.25, 0.3) is 0 Å². The van der Waals surface area contributed by atoms with Crippen molar-refractivity contribution in [3.05, 3.63) is 65.2 Å². The van der Waals surface area contributed by atoms with Gasteiger partial charge >= 0.3 is 0 Å². The highest BCUT2D eigenvalue weighted by Gasteiger charge is 2.09. The van der Waals surface area contributed by atoms with Gasteiger partial charge in [-0.3, -0.25) is 0 Å². The molecule has 2 rings (SSSR count). The Bertz CT molecular complexity index is 547. The Balaban J connectivity index is 1.78. The number of aliphatic hydroxyl groups excluding tert-OH is 1. The zero-order valence-electron chi connectivity index (χ0n) is 12.9. The Morgan fingerprint density at radius 2 is 1.81 bits per heavy atom. The molecule has 0 saturated heterocycles. The average molecular weight is 284 g/mol. The third-order valence-electron chi connectivity index (χ3n) is 3.58. The predicted octanol–water partition coefficient (Wildman–Crippen LogP) is 4.45. The number of aliphatic hydroxyl groups is 1. The van der Waals surface area contributed by atoms with E-state index in [4.69, 9.17) is 4.74 Å². The molecule has 0 aliphatic heterocycles. The van der Waals surface area contributed by atoms with Crippen LogP contribution in [-0.2, 0) is 6.42 Å². The molecule has 1 unspecified atom stereocenters. The fraction of sp³-hybridized carbons (Fsp3) is 0.368. The minimum absolute atomic E-state index is 0.496. The predicted molar refractivity (Wildman–Crippen MR) is 86.7 cm³/mol. The molecule has 1 atom stereocenters.